The number of para-hydroxylation sites is 1. The van der Waals surface area contributed by atoms with Crippen LogP contribution in [0, 0.1) is 5.82 Å². The largest absolute Gasteiger partial charge is 0.497 e. The molecule has 130 valence electrons. The van der Waals surface area contributed by atoms with Crippen molar-refractivity contribution in [3.8, 4) is 11.5 Å². The zero-order chi connectivity index (χ0) is 18.2. The van der Waals surface area contributed by atoms with Crippen molar-refractivity contribution in [2.24, 2.45) is 5.10 Å². The topological polar surface area (TPSA) is 89.0 Å². The standard InChI is InChI=1S/C17H16FN3O4/c1-24-12-7-8-15(25-2)11(9-12)10-19-21-17(23)16(22)20-14-6-4-3-5-13(14)18/h3-10H,1-2H3,(H,20,22)(H,21,23)/b19-10-. The smallest absolute Gasteiger partial charge is 0.329 e. The number of hydrazone groups is 1. The number of methoxy groups -OCH3 is 2. The third kappa shape index (κ3) is 4.77. The highest BCUT2D eigenvalue weighted by molar-refractivity contribution is 6.39. The lowest BCUT2D eigenvalue weighted by Crippen LogP contribution is -2.32. The Kier molecular flexibility index (Phi) is 6.05. The Morgan fingerprint density at radius 3 is 2.52 bits per heavy atom. The van der Waals surface area contributed by atoms with Crippen molar-refractivity contribution in [3.63, 3.8) is 0 Å². The fourth-order valence-corrected chi connectivity index (χ4v) is 1.89. The Morgan fingerprint density at radius 2 is 1.84 bits per heavy atom. The molecule has 0 heterocycles. The zero-order valence-electron chi connectivity index (χ0n) is 13.6. The Labute approximate surface area is 143 Å². The molecule has 0 radical (unpaired) electrons. The molecular weight excluding hydrogens is 329 g/mol. The molecule has 0 spiro atoms. The molecule has 0 aliphatic rings. The summed E-state index contributed by atoms with van der Waals surface area (Å²) in [6.45, 7) is 0. The van der Waals surface area contributed by atoms with Crippen LogP contribution in [0.5, 0.6) is 11.5 Å². The molecule has 7 nitrogen and oxygen atoms in total. The molecule has 2 N–H and O–H groups in total. The SMILES string of the molecule is COc1ccc(OC)c(/C=N\NC(=O)C(=O)Nc2ccccc2F)c1. The van der Waals surface area contributed by atoms with Crippen LogP contribution in [0.4, 0.5) is 10.1 Å². The third-order valence-corrected chi connectivity index (χ3v) is 3.13. The molecule has 2 aromatic rings. The van der Waals surface area contributed by atoms with Gasteiger partial charge in [0.2, 0.25) is 0 Å². The van der Waals surface area contributed by atoms with E-state index in [0.29, 0.717) is 17.1 Å². The van der Waals surface area contributed by atoms with E-state index in [1.54, 1.807) is 18.2 Å². The maximum atomic E-state index is 13.4. The van der Waals surface area contributed by atoms with Crippen LogP contribution in [-0.2, 0) is 9.59 Å². The number of anilines is 1. The molecular formula is C17H16FN3O4. The van der Waals surface area contributed by atoms with Crippen LogP contribution in [0.2, 0.25) is 0 Å². The van der Waals surface area contributed by atoms with E-state index in [1.807, 2.05) is 0 Å². The van der Waals surface area contributed by atoms with Crippen LogP contribution in [0.25, 0.3) is 0 Å². The molecule has 2 rings (SSSR count). The Bertz CT molecular complexity index is 808. The minimum Gasteiger partial charge on any atom is -0.497 e. The maximum Gasteiger partial charge on any atom is 0.329 e. The predicted octanol–water partition coefficient (Wildman–Crippen LogP) is 1.93. The summed E-state index contributed by atoms with van der Waals surface area (Å²) in [6, 6.07) is 10.5. The minimum absolute atomic E-state index is 0.0962. The number of carbonyl (C=O) groups is 2. The maximum absolute atomic E-state index is 13.4. The van der Waals surface area contributed by atoms with Gasteiger partial charge in [0, 0.05) is 5.56 Å². The molecule has 0 aromatic heterocycles. The first kappa shape index (κ1) is 17.9. The van der Waals surface area contributed by atoms with Crippen LogP contribution < -0.4 is 20.2 Å². The van der Waals surface area contributed by atoms with Gasteiger partial charge in [-0.3, -0.25) is 9.59 Å². The number of hydrogen-bond donors (Lipinski definition) is 2. The average Bonchev–Trinajstić information content (AvgIpc) is 2.63. The van der Waals surface area contributed by atoms with Crippen molar-refractivity contribution in [1.82, 2.24) is 5.43 Å². The van der Waals surface area contributed by atoms with Gasteiger partial charge in [-0.2, -0.15) is 5.10 Å². The highest BCUT2D eigenvalue weighted by atomic mass is 19.1. The van der Waals surface area contributed by atoms with Gasteiger partial charge in [0.1, 0.15) is 17.3 Å². The number of rotatable bonds is 5. The Hall–Kier alpha value is -3.42. The Balaban J connectivity index is 2.00. The van der Waals surface area contributed by atoms with Crippen molar-refractivity contribution >= 4 is 23.7 Å². The molecule has 25 heavy (non-hydrogen) atoms. The van der Waals surface area contributed by atoms with Gasteiger partial charge in [-0.05, 0) is 30.3 Å². The van der Waals surface area contributed by atoms with Gasteiger partial charge < -0.3 is 14.8 Å². The molecule has 0 saturated carbocycles. The first-order valence-electron chi connectivity index (χ1n) is 7.16. The number of nitrogens with zero attached hydrogens (tertiary/aromatic N) is 1. The molecule has 0 saturated heterocycles. The van der Waals surface area contributed by atoms with E-state index >= 15 is 0 Å². The second kappa shape index (κ2) is 8.44. The van der Waals surface area contributed by atoms with Crippen LogP contribution in [0.3, 0.4) is 0 Å². The molecule has 0 bridgehead atoms. The van der Waals surface area contributed by atoms with Gasteiger partial charge in [0.25, 0.3) is 0 Å². The molecule has 0 aliphatic carbocycles. The second-order valence-corrected chi connectivity index (χ2v) is 4.74. The monoisotopic (exact) mass is 345 g/mol. The normalized spacial score (nSPS) is 10.4. The zero-order valence-corrected chi connectivity index (χ0v) is 13.6. The Morgan fingerprint density at radius 1 is 1.08 bits per heavy atom. The van der Waals surface area contributed by atoms with E-state index in [1.165, 1.54) is 44.7 Å². The number of hydrogen-bond acceptors (Lipinski definition) is 5. The summed E-state index contributed by atoms with van der Waals surface area (Å²) < 4.78 is 23.7. The summed E-state index contributed by atoms with van der Waals surface area (Å²) in [6.07, 6.45) is 1.30. The number of halogens is 1. The fourth-order valence-electron chi connectivity index (χ4n) is 1.89. The number of nitrogens with one attached hydrogen (secondary N) is 2. The van der Waals surface area contributed by atoms with Crippen molar-refractivity contribution < 1.29 is 23.5 Å². The van der Waals surface area contributed by atoms with E-state index in [9.17, 15) is 14.0 Å². The summed E-state index contributed by atoms with van der Waals surface area (Å²) in [5.41, 5.74) is 2.50. The van der Waals surface area contributed by atoms with E-state index in [-0.39, 0.29) is 5.69 Å². The molecule has 0 unspecified atom stereocenters. The number of carbonyl (C=O) groups excluding carboxylic acids is 2. The summed E-state index contributed by atoms with van der Waals surface area (Å²) in [7, 11) is 3.00. The van der Waals surface area contributed by atoms with E-state index < -0.39 is 17.6 Å². The third-order valence-electron chi connectivity index (χ3n) is 3.13. The van der Waals surface area contributed by atoms with Crippen LogP contribution in [0.1, 0.15) is 5.56 Å². The highest BCUT2D eigenvalue weighted by Crippen LogP contribution is 2.22. The van der Waals surface area contributed by atoms with Gasteiger partial charge in [-0.1, -0.05) is 12.1 Å². The summed E-state index contributed by atoms with van der Waals surface area (Å²) in [5.74, 6) is -1.64. The first-order chi connectivity index (χ1) is 12.0. The van der Waals surface area contributed by atoms with Gasteiger partial charge in [0.15, 0.2) is 0 Å². The molecule has 0 aliphatic heterocycles. The fraction of sp³-hybridized carbons (Fsp3) is 0.118. The summed E-state index contributed by atoms with van der Waals surface area (Å²) in [5, 5.41) is 5.85. The van der Waals surface area contributed by atoms with E-state index in [2.05, 4.69) is 15.8 Å². The molecule has 0 atom stereocenters. The predicted molar refractivity (Wildman–Crippen MR) is 90.3 cm³/mol. The lowest BCUT2D eigenvalue weighted by molar-refractivity contribution is -0.136. The van der Waals surface area contributed by atoms with Gasteiger partial charge in [0.05, 0.1) is 26.1 Å². The number of amides is 2. The molecule has 2 amide bonds. The van der Waals surface area contributed by atoms with E-state index in [4.69, 9.17) is 9.47 Å². The van der Waals surface area contributed by atoms with E-state index in [0.717, 1.165) is 0 Å². The molecule has 0 fully saturated rings. The van der Waals surface area contributed by atoms with Crippen molar-refractivity contribution in [1.29, 1.82) is 0 Å². The van der Waals surface area contributed by atoms with Crippen molar-refractivity contribution in [2.75, 3.05) is 19.5 Å². The van der Waals surface area contributed by atoms with Crippen LogP contribution in [0.15, 0.2) is 47.6 Å². The number of benzene rings is 2. The second-order valence-electron chi connectivity index (χ2n) is 4.74. The summed E-state index contributed by atoms with van der Waals surface area (Å²) in [4.78, 5) is 23.4. The van der Waals surface area contributed by atoms with Crippen LogP contribution in [-0.4, -0.2) is 32.2 Å². The molecule has 8 heteroatoms. The molecule has 2 aromatic carbocycles. The quantitative estimate of drug-likeness (QED) is 0.492. The van der Waals surface area contributed by atoms with Gasteiger partial charge in [-0.15, -0.1) is 0 Å². The highest BCUT2D eigenvalue weighted by Gasteiger charge is 2.14. The lowest BCUT2D eigenvalue weighted by atomic mass is 10.2. The summed E-state index contributed by atoms with van der Waals surface area (Å²) >= 11 is 0. The van der Waals surface area contributed by atoms with Crippen molar-refractivity contribution in [2.45, 2.75) is 0 Å². The van der Waals surface area contributed by atoms with Crippen LogP contribution >= 0.6 is 0 Å². The first-order valence-corrected chi connectivity index (χ1v) is 7.16. The minimum atomic E-state index is -1.04. The van der Waals surface area contributed by atoms with Crippen molar-refractivity contribution in [3.05, 3.63) is 53.8 Å². The van der Waals surface area contributed by atoms with Gasteiger partial charge in [-0.25, -0.2) is 9.82 Å². The lowest BCUT2D eigenvalue weighted by Gasteiger charge is -2.07. The van der Waals surface area contributed by atoms with Gasteiger partial charge >= 0.3 is 11.8 Å². The average molecular weight is 345 g/mol. The number of ether oxygens (including phenoxy) is 2.